The molecule has 0 bridgehead atoms. The smallest absolute Gasteiger partial charge is 0.210 e. The second-order valence-corrected chi connectivity index (χ2v) is 4.94. The quantitative estimate of drug-likeness (QED) is 0.461. The van der Waals surface area contributed by atoms with Crippen LogP contribution in [0.1, 0.15) is 5.82 Å². The van der Waals surface area contributed by atoms with E-state index in [1.165, 1.54) is 16.4 Å². The maximum atomic E-state index is 5.93. The van der Waals surface area contributed by atoms with Gasteiger partial charge in [-0.15, -0.1) is 16.8 Å². The molecule has 0 fully saturated rings. The molecule has 0 saturated carbocycles. The van der Waals surface area contributed by atoms with Crippen molar-refractivity contribution in [2.45, 2.75) is 11.7 Å². The van der Waals surface area contributed by atoms with Gasteiger partial charge in [-0.05, 0) is 24.3 Å². The van der Waals surface area contributed by atoms with Gasteiger partial charge in [-0.1, -0.05) is 17.8 Å². The van der Waals surface area contributed by atoms with Gasteiger partial charge in [-0.3, -0.25) is 0 Å². The van der Waals surface area contributed by atoms with Crippen molar-refractivity contribution in [3.05, 3.63) is 42.7 Å². The zero-order valence-corrected chi connectivity index (χ0v) is 12.1. The van der Waals surface area contributed by atoms with Crippen molar-refractivity contribution in [2.24, 2.45) is 0 Å². The topological polar surface area (TPSA) is 78.0 Å². The van der Waals surface area contributed by atoms with E-state index < -0.39 is 0 Å². The van der Waals surface area contributed by atoms with Crippen LogP contribution >= 0.6 is 11.8 Å². The molecule has 2 rings (SSSR count). The standard InChI is InChI=1S/C13H17N5OS/c1-3-8-20-13-17-16-12(18(13)14)9-15-10-4-6-11(19-2)7-5-10/h3-7,15H,1,8-9,14H2,2H3. The lowest BCUT2D eigenvalue weighted by molar-refractivity contribution is 0.415. The summed E-state index contributed by atoms with van der Waals surface area (Å²) in [5.41, 5.74) is 0.967. The van der Waals surface area contributed by atoms with Crippen LogP contribution in [0.5, 0.6) is 5.75 Å². The number of nitrogens with two attached hydrogens (primary N) is 1. The molecule has 0 aliphatic heterocycles. The molecule has 0 spiro atoms. The van der Waals surface area contributed by atoms with E-state index in [4.69, 9.17) is 10.6 Å². The molecule has 20 heavy (non-hydrogen) atoms. The average molecular weight is 291 g/mol. The summed E-state index contributed by atoms with van der Waals surface area (Å²) in [5.74, 6) is 8.18. The Balaban J connectivity index is 1.96. The number of nitrogens with zero attached hydrogens (tertiary/aromatic N) is 3. The van der Waals surface area contributed by atoms with Gasteiger partial charge in [0.05, 0.1) is 13.7 Å². The van der Waals surface area contributed by atoms with Gasteiger partial charge in [-0.2, -0.15) is 0 Å². The first-order chi connectivity index (χ1) is 9.74. The van der Waals surface area contributed by atoms with E-state index in [2.05, 4.69) is 22.1 Å². The molecule has 7 heteroatoms. The fourth-order valence-electron chi connectivity index (χ4n) is 1.55. The van der Waals surface area contributed by atoms with E-state index in [0.29, 0.717) is 17.5 Å². The second kappa shape index (κ2) is 6.85. The Hall–Kier alpha value is -2.15. The lowest BCUT2D eigenvalue weighted by Crippen LogP contribution is -2.16. The molecular weight excluding hydrogens is 274 g/mol. The molecule has 0 atom stereocenters. The number of anilines is 1. The highest BCUT2D eigenvalue weighted by Gasteiger charge is 2.09. The highest BCUT2D eigenvalue weighted by atomic mass is 32.2. The number of thioether (sulfide) groups is 1. The van der Waals surface area contributed by atoms with Gasteiger partial charge in [0, 0.05) is 11.4 Å². The van der Waals surface area contributed by atoms with Crippen LogP contribution in [0.15, 0.2) is 42.1 Å². The molecule has 0 aliphatic rings. The first kappa shape index (κ1) is 14.3. The van der Waals surface area contributed by atoms with Gasteiger partial charge in [0.2, 0.25) is 5.16 Å². The van der Waals surface area contributed by atoms with Crippen LogP contribution < -0.4 is 15.9 Å². The summed E-state index contributed by atoms with van der Waals surface area (Å²) in [6, 6.07) is 7.65. The molecular formula is C13H17N5OS. The Morgan fingerprint density at radius 1 is 1.40 bits per heavy atom. The number of nitrogens with one attached hydrogen (secondary N) is 1. The number of hydrogen-bond donors (Lipinski definition) is 2. The van der Waals surface area contributed by atoms with Crippen molar-refractivity contribution >= 4 is 17.4 Å². The molecule has 0 aliphatic carbocycles. The normalized spacial score (nSPS) is 10.2. The third-order valence-electron chi connectivity index (χ3n) is 2.61. The number of benzene rings is 1. The molecule has 6 nitrogen and oxygen atoms in total. The third kappa shape index (κ3) is 3.45. The Morgan fingerprint density at radius 2 is 2.15 bits per heavy atom. The lowest BCUT2D eigenvalue weighted by atomic mass is 10.3. The summed E-state index contributed by atoms with van der Waals surface area (Å²) in [5, 5.41) is 12.0. The molecule has 2 aromatic rings. The number of rotatable bonds is 7. The van der Waals surface area contributed by atoms with E-state index in [1.54, 1.807) is 13.2 Å². The first-order valence-electron chi connectivity index (χ1n) is 6.05. The number of methoxy groups -OCH3 is 1. The van der Waals surface area contributed by atoms with Gasteiger partial charge in [0.15, 0.2) is 5.82 Å². The number of hydrogen-bond acceptors (Lipinski definition) is 6. The zero-order valence-electron chi connectivity index (χ0n) is 11.2. The highest BCUT2D eigenvalue weighted by molar-refractivity contribution is 7.99. The SMILES string of the molecule is C=CCSc1nnc(CNc2ccc(OC)cc2)n1N. The van der Waals surface area contributed by atoms with Crippen LogP contribution in [0.3, 0.4) is 0 Å². The minimum atomic E-state index is 0.504. The summed E-state index contributed by atoms with van der Waals surface area (Å²) < 4.78 is 6.60. The molecule has 1 heterocycles. The number of nitrogen functional groups attached to an aromatic ring is 1. The lowest BCUT2D eigenvalue weighted by Gasteiger charge is -2.07. The molecule has 106 valence electrons. The van der Waals surface area contributed by atoms with Crippen LogP contribution in [-0.2, 0) is 6.54 Å². The van der Waals surface area contributed by atoms with Gasteiger partial charge < -0.3 is 15.9 Å². The second-order valence-electron chi connectivity index (χ2n) is 3.95. The van der Waals surface area contributed by atoms with Crippen LogP contribution in [0, 0.1) is 0 Å². The minimum Gasteiger partial charge on any atom is -0.497 e. The van der Waals surface area contributed by atoms with Crippen LogP contribution in [0.2, 0.25) is 0 Å². The van der Waals surface area contributed by atoms with E-state index in [0.717, 1.165) is 17.2 Å². The van der Waals surface area contributed by atoms with Gasteiger partial charge >= 0.3 is 0 Å². The highest BCUT2D eigenvalue weighted by Crippen LogP contribution is 2.17. The molecule has 1 aromatic heterocycles. The third-order valence-corrected chi connectivity index (χ3v) is 3.54. The first-order valence-corrected chi connectivity index (χ1v) is 7.04. The molecule has 0 amide bonds. The Bertz CT molecular complexity index is 567. The Morgan fingerprint density at radius 3 is 2.80 bits per heavy atom. The predicted molar refractivity (Wildman–Crippen MR) is 81.4 cm³/mol. The van der Waals surface area contributed by atoms with E-state index in [-0.39, 0.29) is 0 Å². The fraction of sp³-hybridized carbons (Fsp3) is 0.231. The van der Waals surface area contributed by atoms with E-state index in [1.807, 2.05) is 24.3 Å². The average Bonchev–Trinajstić information content (AvgIpc) is 2.84. The van der Waals surface area contributed by atoms with Gasteiger partial charge in [0.1, 0.15) is 5.75 Å². The Kier molecular flexibility index (Phi) is 4.89. The fourth-order valence-corrected chi connectivity index (χ4v) is 2.16. The number of ether oxygens (including phenoxy) is 1. The van der Waals surface area contributed by atoms with Crippen LogP contribution in [0.4, 0.5) is 5.69 Å². The molecule has 3 N–H and O–H groups in total. The molecule has 0 saturated heterocycles. The van der Waals surface area contributed by atoms with Crippen molar-refractivity contribution in [3.63, 3.8) is 0 Å². The summed E-state index contributed by atoms with van der Waals surface area (Å²) >= 11 is 1.50. The predicted octanol–water partition coefficient (Wildman–Crippen LogP) is 1.89. The van der Waals surface area contributed by atoms with Crippen molar-refractivity contribution in [1.29, 1.82) is 0 Å². The largest absolute Gasteiger partial charge is 0.497 e. The maximum Gasteiger partial charge on any atom is 0.210 e. The summed E-state index contributed by atoms with van der Waals surface area (Å²) in [6.45, 7) is 4.17. The molecule has 0 unspecified atom stereocenters. The summed E-state index contributed by atoms with van der Waals surface area (Å²) in [7, 11) is 1.64. The van der Waals surface area contributed by atoms with Gasteiger partial charge in [-0.25, -0.2) is 4.68 Å². The minimum absolute atomic E-state index is 0.504. The van der Waals surface area contributed by atoms with E-state index in [9.17, 15) is 0 Å². The molecule has 1 aromatic carbocycles. The zero-order chi connectivity index (χ0) is 14.4. The van der Waals surface area contributed by atoms with Crippen molar-refractivity contribution in [2.75, 3.05) is 24.0 Å². The maximum absolute atomic E-state index is 5.93. The van der Waals surface area contributed by atoms with Crippen molar-refractivity contribution in [3.8, 4) is 5.75 Å². The monoisotopic (exact) mass is 291 g/mol. The van der Waals surface area contributed by atoms with Crippen molar-refractivity contribution in [1.82, 2.24) is 14.9 Å². The summed E-state index contributed by atoms with van der Waals surface area (Å²) in [4.78, 5) is 0. The molecule has 0 radical (unpaired) electrons. The summed E-state index contributed by atoms with van der Waals surface area (Å²) in [6.07, 6.45) is 1.80. The van der Waals surface area contributed by atoms with Crippen LogP contribution in [0.25, 0.3) is 0 Å². The Labute approximate surface area is 122 Å². The number of aromatic nitrogens is 3. The van der Waals surface area contributed by atoms with Crippen molar-refractivity contribution < 1.29 is 4.74 Å². The van der Waals surface area contributed by atoms with Gasteiger partial charge in [0.25, 0.3) is 0 Å². The van der Waals surface area contributed by atoms with E-state index >= 15 is 0 Å². The van der Waals surface area contributed by atoms with Crippen LogP contribution in [-0.4, -0.2) is 27.7 Å².